The Labute approximate surface area is 108 Å². The SMILES string of the molecule is CC(C)(C)N(CC(=O)O)C(=O)C1CC2CCC1N2. The van der Waals surface area contributed by atoms with Crippen molar-refractivity contribution < 1.29 is 14.7 Å². The summed E-state index contributed by atoms with van der Waals surface area (Å²) < 4.78 is 0. The molecule has 2 rings (SSSR count). The van der Waals surface area contributed by atoms with E-state index in [-0.39, 0.29) is 24.4 Å². The normalized spacial score (nSPS) is 30.5. The largest absolute Gasteiger partial charge is 0.480 e. The summed E-state index contributed by atoms with van der Waals surface area (Å²) in [7, 11) is 0. The number of carbonyl (C=O) groups is 2. The highest BCUT2D eigenvalue weighted by molar-refractivity contribution is 5.84. The summed E-state index contributed by atoms with van der Waals surface area (Å²) in [6.07, 6.45) is 3.03. The van der Waals surface area contributed by atoms with E-state index in [2.05, 4.69) is 5.32 Å². The Balaban J connectivity index is 2.11. The maximum atomic E-state index is 12.5. The van der Waals surface area contributed by atoms with E-state index in [1.807, 2.05) is 20.8 Å². The molecule has 102 valence electrons. The van der Waals surface area contributed by atoms with Gasteiger partial charge in [0.1, 0.15) is 6.54 Å². The molecule has 2 bridgehead atoms. The maximum absolute atomic E-state index is 12.5. The number of carboxylic acids is 1. The number of amides is 1. The molecule has 0 aromatic carbocycles. The number of nitrogens with zero attached hydrogens (tertiary/aromatic N) is 1. The van der Waals surface area contributed by atoms with Gasteiger partial charge in [-0.15, -0.1) is 0 Å². The van der Waals surface area contributed by atoms with Crippen LogP contribution in [0, 0.1) is 5.92 Å². The van der Waals surface area contributed by atoms with Crippen molar-refractivity contribution in [3.05, 3.63) is 0 Å². The van der Waals surface area contributed by atoms with E-state index in [0.717, 1.165) is 19.3 Å². The quantitative estimate of drug-likeness (QED) is 0.783. The van der Waals surface area contributed by atoms with Crippen molar-refractivity contribution in [2.24, 2.45) is 5.92 Å². The number of carboxylic acid groups (broad SMARTS) is 1. The third-order valence-electron chi connectivity index (χ3n) is 3.99. The Hall–Kier alpha value is -1.10. The van der Waals surface area contributed by atoms with Crippen LogP contribution in [0.3, 0.4) is 0 Å². The lowest BCUT2D eigenvalue weighted by Gasteiger charge is -2.37. The predicted molar refractivity (Wildman–Crippen MR) is 67.2 cm³/mol. The van der Waals surface area contributed by atoms with Gasteiger partial charge in [-0.1, -0.05) is 0 Å². The maximum Gasteiger partial charge on any atom is 0.323 e. The molecule has 18 heavy (non-hydrogen) atoms. The highest BCUT2D eigenvalue weighted by Gasteiger charge is 2.45. The summed E-state index contributed by atoms with van der Waals surface area (Å²) in [4.78, 5) is 25.0. The predicted octanol–water partition coefficient (Wildman–Crippen LogP) is 0.839. The second-order valence-corrected chi connectivity index (χ2v) is 6.38. The van der Waals surface area contributed by atoms with Crippen molar-refractivity contribution in [3.63, 3.8) is 0 Å². The van der Waals surface area contributed by atoms with E-state index in [9.17, 15) is 9.59 Å². The van der Waals surface area contributed by atoms with Gasteiger partial charge in [0.2, 0.25) is 5.91 Å². The van der Waals surface area contributed by atoms with Crippen LogP contribution in [-0.4, -0.2) is 46.1 Å². The first kappa shape index (κ1) is 13.3. The van der Waals surface area contributed by atoms with Gasteiger partial charge in [0.25, 0.3) is 0 Å². The molecule has 5 heteroatoms. The minimum atomic E-state index is -0.950. The van der Waals surface area contributed by atoms with Crippen LogP contribution in [0.1, 0.15) is 40.0 Å². The minimum Gasteiger partial charge on any atom is -0.480 e. The third-order valence-corrected chi connectivity index (χ3v) is 3.99. The van der Waals surface area contributed by atoms with Crippen molar-refractivity contribution in [1.82, 2.24) is 10.2 Å². The molecule has 0 saturated carbocycles. The summed E-state index contributed by atoms with van der Waals surface area (Å²) in [5.41, 5.74) is -0.447. The smallest absolute Gasteiger partial charge is 0.323 e. The lowest BCUT2D eigenvalue weighted by atomic mass is 9.87. The van der Waals surface area contributed by atoms with E-state index in [4.69, 9.17) is 5.11 Å². The first-order chi connectivity index (χ1) is 8.29. The molecule has 2 aliphatic heterocycles. The number of hydrogen-bond donors (Lipinski definition) is 2. The molecule has 0 aromatic heterocycles. The van der Waals surface area contributed by atoms with Crippen LogP contribution in [0.15, 0.2) is 0 Å². The molecule has 2 heterocycles. The highest BCUT2D eigenvalue weighted by atomic mass is 16.4. The first-order valence-electron chi connectivity index (χ1n) is 6.58. The van der Waals surface area contributed by atoms with E-state index in [1.54, 1.807) is 0 Å². The Morgan fingerprint density at radius 3 is 2.39 bits per heavy atom. The molecule has 0 radical (unpaired) electrons. The van der Waals surface area contributed by atoms with Gasteiger partial charge in [0, 0.05) is 17.6 Å². The Morgan fingerprint density at radius 2 is 2.00 bits per heavy atom. The number of carbonyl (C=O) groups excluding carboxylic acids is 1. The Morgan fingerprint density at radius 1 is 1.33 bits per heavy atom. The minimum absolute atomic E-state index is 0.00963. The van der Waals surface area contributed by atoms with Gasteiger partial charge >= 0.3 is 5.97 Å². The first-order valence-corrected chi connectivity index (χ1v) is 6.58. The summed E-state index contributed by atoms with van der Waals surface area (Å²) in [6.45, 7) is 5.44. The molecule has 0 aromatic rings. The van der Waals surface area contributed by atoms with E-state index in [1.165, 1.54) is 4.90 Å². The van der Waals surface area contributed by atoms with Gasteiger partial charge in [-0.25, -0.2) is 0 Å². The van der Waals surface area contributed by atoms with Crippen molar-refractivity contribution in [2.45, 2.75) is 57.7 Å². The number of hydrogen-bond acceptors (Lipinski definition) is 3. The summed E-state index contributed by atoms with van der Waals surface area (Å²) in [5.74, 6) is -0.999. The van der Waals surface area contributed by atoms with Gasteiger partial charge < -0.3 is 15.3 Å². The van der Waals surface area contributed by atoms with Crippen LogP contribution in [0.25, 0.3) is 0 Å². The molecule has 2 saturated heterocycles. The lowest BCUT2D eigenvalue weighted by molar-refractivity contribution is -0.151. The van der Waals surface area contributed by atoms with Crippen LogP contribution >= 0.6 is 0 Å². The average Bonchev–Trinajstić information content (AvgIpc) is 2.84. The molecular weight excluding hydrogens is 232 g/mol. The number of fused-ring (bicyclic) bond motifs is 2. The van der Waals surface area contributed by atoms with Gasteiger partial charge in [0.05, 0.1) is 5.92 Å². The van der Waals surface area contributed by atoms with Crippen molar-refractivity contribution in [1.29, 1.82) is 0 Å². The van der Waals surface area contributed by atoms with Crippen LogP contribution in [0.2, 0.25) is 0 Å². The zero-order chi connectivity index (χ0) is 13.5. The van der Waals surface area contributed by atoms with Gasteiger partial charge in [0.15, 0.2) is 0 Å². The topological polar surface area (TPSA) is 69.6 Å². The monoisotopic (exact) mass is 254 g/mol. The summed E-state index contributed by atoms with van der Waals surface area (Å²) in [6, 6.07) is 0.705. The molecule has 3 unspecified atom stereocenters. The molecule has 0 aliphatic carbocycles. The summed E-state index contributed by atoms with van der Waals surface area (Å²) >= 11 is 0. The molecule has 5 nitrogen and oxygen atoms in total. The molecule has 2 aliphatic rings. The van der Waals surface area contributed by atoms with Crippen LogP contribution in [0.4, 0.5) is 0 Å². The number of aliphatic carboxylic acids is 1. The molecule has 0 spiro atoms. The molecule has 2 fully saturated rings. The van der Waals surface area contributed by atoms with Crippen molar-refractivity contribution in [3.8, 4) is 0 Å². The Kier molecular flexibility index (Phi) is 3.36. The molecule has 1 amide bonds. The van der Waals surface area contributed by atoms with Crippen LogP contribution in [-0.2, 0) is 9.59 Å². The number of nitrogens with one attached hydrogen (secondary N) is 1. The van der Waals surface area contributed by atoms with E-state index >= 15 is 0 Å². The second-order valence-electron chi connectivity index (χ2n) is 6.38. The van der Waals surface area contributed by atoms with Crippen molar-refractivity contribution >= 4 is 11.9 Å². The molecule has 2 N–H and O–H groups in total. The van der Waals surface area contributed by atoms with Crippen LogP contribution in [0.5, 0.6) is 0 Å². The number of rotatable bonds is 3. The fraction of sp³-hybridized carbons (Fsp3) is 0.846. The lowest BCUT2D eigenvalue weighted by Crippen LogP contribution is -2.52. The highest BCUT2D eigenvalue weighted by Crippen LogP contribution is 2.35. The van der Waals surface area contributed by atoms with Gasteiger partial charge in [-0.2, -0.15) is 0 Å². The van der Waals surface area contributed by atoms with Gasteiger partial charge in [-0.3, -0.25) is 9.59 Å². The summed E-state index contributed by atoms with van der Waals surface area (Å²) in [5, 5.41) is 12.4. The van der Waals surface area contributed by atoms with Crippen molar-refractivity contribution in [2.75, 3.05) is 6.54 Å². The third kappa shape index (κ3) is 2.51. The standard InChI is InChI=1S/C13H22N2O3/c1-13(2,3)15(7-11(16)17)12(18)9-6-8-4-5-10(9)14-8/h8-10,14H,4-7H2,1-3H3,(H,16,17). The Bertz CT molecular complexity index is 362. The molecular formula is C13H22N2O3. The van der Waals surface area contributed by atoms with E-state index < -0.39 is 11.5 Å². The van der Waals surface area contributed by atoms with Crippen LogP contribution < -0.4 is 5.32 Å². The zero-order valence-corrected chi connectivity index (χ0v) is 11.3. The van der Waals surface area contributed by atoms with E-state index in [0.29, 0.717) is 6.04 Å². The molecule has 3 atom stereocenters. The fourth-order valence-electron chi connectivity index (χ4n) is 3.08. The fourth-order valence-corrected chi connectivity index (χ4v) is 3.08. The van der Waals surface area contributed by atoms with Gasteiger partial charge in [-0.05, 0) is 40.0 Å². The average molecular weight is 254 g/mol. The zero-order valence-electron chi connectivity index (χ0n) is 11.3. The second kappa shape index (κ2) is 4.53.